The Hall–Kier alpha value is -3.74. The van der Waals surface area contributed by atoms with Gasteiger partial charge in [0.2, 0.25) is 0 Å². The van der Waals surface area contributed by atoms with Crippen LogP contribution in [0.4, 0.5) is 15.8 Å². The van der Waals surface area contributed by atoms with Gasteiger partial charge in [0.05, 0.1) is 22.3 Å². The number of Topliss-reactive ketones (excluding diaryl/α,β-unsaturated/α-hetero) is 1. The van der Waals surface area contributed by atoms with E-state index >= 15 is 0 Å². The molecule has 1 N–H and O–H groups in total. The fourth-order valence-corrected chi connectivity index (χ4v) is 6.05. The van der Waals surface area contributed by atoms with Crippen molar-refractivity contribution in [1.82, 2.24) is 0 Å². The molecule has 1 aliphatic heterocycles. The Morgan fingerprint density at radius 3 is 2.38 bits per heavy atom. The smallest absolute Gasteiger partial charge is 0.269 e. The Morgan fingerprint density at radius 2 is 1.65 bits per heavy atom. The second kappa shape index (κ2) is 9.61. The number of amides is 1. The largest absolute Gasteiger partial charge is 0.357 e. The van der Waals surface area contributed by atoms with Crippen LogP contribution in [-0.2, 0) is 4.79 Å². The second-order valence-electron chi connectivity index (χ2n) is 9.22. The highest BCUT2D eigenvalue weighted by atomic mass is 35.5. The number of hydrogen-bond donors (Lipinski definition) is 1. The van der Waals surface area contributed by atoms with E-state index in [1.807, 2.05) is 60.0 Å². The van der Waals surface area contributed by atoms with Crippen molar-refractivity contribution in [3.8, 4) is 0 Å². The van der Waals surface area contributed by atoms with Crippen LogP contribution >= 0.6 is 22.9 Å². The minimum atomic E-state index is -0.708. The van der Waals surface area contributed by atoms with E-state index < -0.39 is 6.04 Å². The molecule has 37 heavy (non-hydrogen) atoms. The first-order valence-corrected chi connectivity index (χ1v) is 13.3. The van der Waals surface area contributed by atoms with Gasteiger partial charge in [-0.1, -0.05) is 54.1 Å². The molecular formula is C30H22ClFN2O2S. The lowest BCUT2D eigenvalue weighted by Gasteiger charge is -2.35. The van der Waals surface area contributed by atoms with Crippen LogP contribution < -0.4 is 10.2 Å². The van der Waals surface area contributed by atoms with Crippen molar-refractivity contribution in [1.29, 1.82) is 0 Å². The highest BCUT2D eigenvalue weighted by molar-refractivity contribution is 7.12. The standard InChI is InChI=1S/C30H22ClFN2O2S/c31-21-11-7-18(8-12-21)20-16-24-28(26(35)17-20)29(19-9-13-22(32)14-10-19)34(30(36)27-6-3-15-37-27)25-5-2-1-4-23(25)33-24/h1-15,20,29,33H,16-17H2/t20-,29-/m0/s1. The third kappa shape index (κ3) is 4.37. The molecule has 0 fully saturated rings. The first-order chi connectivity index (χ1) is 18.0. The predicted molar refractivity (Wildman–Crippen MR) is 146 cm³/mol. The maximum Gasteiger partial charge on any atom is 0.269 e. The summed E-state index contributed by atoms with van der Waals surface area (Å²) in [5.74, 6) is -0.657. The maximum absolute atomic E-state index is 14.0. The van der Waals surface area contributed by atoms with E-state index in [2.05, 4.69) is 5.32 Å². The molecule has 0 bridgehead atoms. The van der Waals surface area contributed by atoms with E-state index in [0.717, 1.165) is 16.9 Å². The van der Waals surface area contributed by atoms with Crippen molar-refractivity contribution < 1.29 is 14.0 Å². The summed E-state index contributed by atoms with van der Waals surface area (Å²) >= 11 is 7.45. The van der Waals surface area contributed by atoms with E-state index in [9.17, 15) is 14.0 Å². The van der Waals surface area contributed by atoms with Crippen LogP contribution in [0.3, 0.4) is 0 Å². The number of thiophene rings is 1. The number of carbonyl (C=O) groups is 2. The molecule has 3 aromatic carbocycles. The van der Waals surface area contributed by atoms with Crippen molar-refractivity contribution in [2.45, 2.75) is 24.8 Å². The van der Waals surface area contributed by atoms with E-state index in [0.29, 0.717) is 39.6 Å². The Bertz CT molecular complexity index is 1510. The number of benzene rings is 3. The number of anilines is 2. The second-order valence-corrected chi connectivity index (χ2v) is 10.6. The van der Waals surface area contributed by atoms with Gasteiger partial charge >= 0.3 is 0 Å². The van der Waals surface area contributed by atoms with E-state index in [1.165, 1.54) is 23.5 Å². The average molecular weight is 529 g/mol. The highest BCUT2D eigenvalue weighted by Gasteiger charge is 2.42. The number of nitrogens with zero attached hydrogens (tertiary/aromatic N) is 1. The van der Waals surface area contributed by atoms with Gasteiger partial charge in [-0.3, -0.25) is 14.5 Å². The van der Waals surface area contributed by atoms with Crippen LogP contribution in [0.1, 0.15) is 45.6 Å². The number of ketones is 1. The number of allylic oxidation sites excluding steroid dienone is 1. The van der Waals surface area contributed by atoms with Crippen molar-refractivity contribution in [2.75, 3.05) is 10.2 Å². The van der Waals surface area contributed by atoms with Gasteiger partial charge in [0.25, 0.3) is 5.91 Å². The lowest BCUT2D eigenvalue weighted by atomic mass is 9.78. The molecule has 0 unspecified atom stereocenters. The summed E-state index contributed by atoms with van der Waals surface area (Å²) in [5.41, 5.74) is 4.44. The minimum absolute atomic E-state index is 0.0309. The third-order valence-electron chi connectivity index (χ3n) is 6.97. The zero-order valence-electron chi connectivity index (χ0n) is 19.7. The number of hydrogen-bond acceptors (Lipinski definition) is 4. The molecule has 1 aromatic heterocycles. The summed E-state index contributed by atoms with van der Waals surface area (Å²) in [5, 5.41) is 6.01. The van der Waals surface area contributed by atoms with E-state index in [4.69, 9.17) is 11.6 Å². The maximum atomic E-state index is 14.0. The molecule has 0 spiro atoms. The van der Waals surface area contributed by atoms with Crippen LogP contribution in [0.15, 0.2) is 102 Å². The lowest BCUT2D eigenvalue weighted by molar-refractivity contribution is -0.116. The Labute approximate surface area is 223 Å². The molecule has 0 saturated carbocycles. The molecule has 2 heterocycles. The van der Waals surface area contributed by atoms with Gasteiger partial charge in [0, 0.05) is 22.7 Å². The first-order valence-electron chi connectivity index (χ1n) is 12.0. The third-order valence-corrected chi connectivity index (χ3v) is 8.08. The number of para-hydroxylation sites is 2. The van der Waals surface area contributed by atoms with Crippen molar-refractivity contribution in [3.63, 3.8) is 0 Å². The quantitative estimate of drug-likeness (QED) is 0.295. The van der Waals surface area contributed by atoms with Crippen LogP contribution in [0, 0.1) is 5.82 Å². The topological polar surface area (TPSA) is 49.4 Å². The number of fused-ring (bicyclic) bond motifs is 1. The summed E-state index contributed by atoms with van der Waals surface area (Å²) in [7, 11) is 0. The number of nitrogens with one attached hydrogen (secondary N) is 1. The zero-order chi connectivity index (χ0) is 25.5. The number of rotatable bonds is 3. The van der Waals surface area contributed by atoms with Gasteiger partial charge in [-0.15, -0.1) is 11.3 Å². The Balaban J connectivity index is 1.55. The fourth-order valence-electron chi connectivity index (χ4n) is 5.26. The molecular weight excluding hydrogens is 507 g/mol. The number of halogens is 2. The molecule has 4 aromatic rings. The molecule has 0 saturated heterocycles. The molecule has 2 atom stereocenters. The summed E-state index contributed by atoms with van der Waals surface area (Å²) < 4.78 is 13.9. The summed E-state index contributed by atoms with van der Waals surface area (Å²) in [6.07, 6.45) is 0.896. The van der Waals surface area contributed by atoms with Crippen molar-refractivity contribution in [2.24, 2.45) is 0 Å². The highest BCUT2D eigenvalue weighted by Crippen LogP contribution is 2.48. The lowest BCUT2D eigenvalue weighted by Crippen LogP contribution is -2.38. The molecule has 6 rings (SSSR count). The fraction of sp³-hybridized carbons (Fsp3) is 0.133. The Kier molecular flexibility index (Phi) is 6.14. The molecule has 7 heteroatoms. The van der Waals surface area contributed by atoms with E-state index in [1.54, 1.807) is 23.1 Å². The zero-order valence-corrected chi connectivity index (χ0v) is 21.2. The predicted octanol–water partition coefficient (Wildman–Crippen LogP) is 7.76. The monoisotopic (exact) mass is 528 g/mol. The van der Waals surface area contributed by atoms with Crippen LogP contribution in [0.5, 0.6) is 0 Å². The van der Waals surface area contributed by atoms with Crippen LogP contribution in [-0.4, -0.2) is 11.7 Å². The summed E-state index contributed by atoms with van der Waals surface area (Å²) in [6, 6.07) is 24.1. The molecule has 184 valence electrons. The molecule has 4 nitrogen and oxygen atoms in total. The summed E-state index contributed by atoms with van der Waals surface area (Å²) in [4.78, 5) is 30.2. The molecule has 1 amide bonds. The minimum Gasteiger partial charge on any atom is -0.357 e. The van der Waals surface area contributed by atoms with Gasteiger partial charge < -0.3 is 5.32 Å². The molecule has 0 radical (unpaired) electrons. The van der Waals surface area contributed by atoms with Gasteiger partial charge in [-0.05, 0) is 71.3 Å². The average Bonchev–Trinajstić information content (AvgIpc) is 3.39. The van der Waals surface area contributed by atoms with Crippen LogP contribution in [0.2, 0.25) is 5.02 Å². The van der Waals surface area contributed by atoms with Crippen molar-refractivity contribution in [3.05, 3.63) is 128 Å². The van der Waals surface area contributed by atoms with Gasteiger partial charge in [0.15, 0.2) is 5.78 Å². The molecule has 1 aliphatic carbocycles. The SMILES string of the molecule is O=C1C[C@@H](c2ccc(Cl)cc2)CC2=C1[C@H](c1ccc(F)cc1)N(C(=O)c1cccs1)c1ccccc1N2. The first kappa shape index (κ1) is 23.6. The molecule has 2 aliphatic rings. The Morgan fingerprint density at radius 1 is 0.919 bits per heavy atom. The summed E-state index contributed by atoms with van der Waals surface area (Å²) in [6.45, 7) is 0. The van der Waals surface area contributed by atoms with Gasteiger partial charge in [-0.25, -0.2) is 4.39 Å². The van der Waals surface area contributed by atoms with Gasteiger partial charge in [0.1, 0.15) is 5.82 Å². The van der Waals surface area contributed by atoms with Crippen LogP contribution in [0.25, 0.3) is 0 Å². The van der Waals surface area contributed by atoms with Gasteiger partial charge in [-0.2, -0.15) is 0 Å². The van der Waals surface area contributed by atoms with E-state index in [-0.39, 0.29) is 23.4 Å². The van der Waals surface area contributed by atoms with Crippen molar-refractivity contribution >= 4 is 46.0 Å². The normalized spacial score (nSPS) is 19.1. The number of carbonyl (C=O) groups excluding carboxylic acids is 2.